The molecule has 0 bridgehead atoms. The zero-order valence-electron chi connectivity index (χ0n) is 17.4. The Morgan fingerprint density at radius 1 is 1.17 bits per heavy atom. The minimum absolute atomic E-state index is 0.255. The fourth-order valence-corrected chi connectivity index (χ4v) is 3.33. The third kappa shape index (κ3) is 5.37. The third-order valence-corrected chi connectivity index (χ3v) is 4.87. The highest BCUT2D eigenvalue weighted by molar-refractivity contribution is 6.03. The lowest BCUT2D eigenvalue weighted by Gasteiger charge is -2.33. The second-order valence-electron chi connectivity index (χ2n) is 8.25. The van der Waals surface area contributed by atoms with Crippen LogP contribution in [0.4, 0.5) is 4.79 Å². The predicted octanol–water partition coefficient (Wildman–Crippen LogP) is 4.05. The number of esters is 1. The van der Waals surface area contributed by atoms with E-state index in [4.69, 9.17) is 14.2 Å². The number of hydrogen-bond donors (Lipinski definition) is 0. The molecule has 0 spiro atoms. The number of fused-ring (bicyclic) bond motifs is 1. The standard InChI is InChI=1S/C22H28N2O5/c1-22(2,3)29-21(26)24-11-8-15(9-12-24)14-28-16-5-6-19-18(13-16)17(7-10-23-19)20(25)27-4/h5-7,10,13,15H,8-9,11-12,14H2,1-4H3. The largest absolute Gasteiger partial charge is 0.493 e. The first-order valence-corrected chi connectivity index (χ1v) is 9.84. The topological polar surface area (TPSA) is 78.0 Å². The number of ether oxygens (including phenoxy) is 3. The van der Waals surface area contributed by atoms with Gasteiger partial charge >= 0.3 is 12.1 Å². The van der Waals surface area contributed by atoms with E-state index in [1.807, 2.05) is 39.0 Å². The van der Waals surface area contributed by atoms with Gasteiger partial charge in [0.2, 0.25) is 0 Å². The number of carbonyl (C=O) groups is 2. The van der Waals surface area contributed by atoms with Crippen LogP contribution < -0.4 is 4.74 Å². The van der Waals surface area contributed by atoms with Crippen LogP contribution in [0.25, 0.3) is 10.9 Å². The normalized spacial score (nSPS) is 15.2. The summed E-state index contributed by atoms with van der Waals surface area (Å²) >= 11 is 0. The highest BCUT2D eigenvalue weighted by Gasteiger charge is 2.27. The predicted molar refractivity (Wildman–Crippen MR) is 109 cm³/mol. The van der Waals surface area contributed by atoms with E-state index in [0.29, 0.717) is 47.8 Å². The third-order valence-electron chi connectivity index (χ3n) is 4.87. The molecule has 1 aliphatic rings. The van der Waals surface area contributed by atoms with Crippen molar-refractivity contribution < 1.29 is 23.8 Å². The van der Waals surface area contributed by atoms with Crippen LogP contribution in [0.1, 0.15) is 44.0 Å². The van der Waals surface area contributed by atoms with E-state index in [2.05, 4.69) is 4.98 Å². The van der Waals surface area contributed by atoms with E-state index in [9.17, 15) is 9.59 Å². The molecule has 0 unspecified atom stereocenters. The fraction of sp³-hybridized carbons (Fsp3) is 0.500. The highest BCUT2D eigenvalue weighted by atomic mass is 16.6. The van der Waals surface area contributed by atoms with Crippen molar-refractivity contribution in [3.8, 4) is 5.75 Å². The van der Waals surface area contributed by atoms with E-state index in [1.165, 1.54) is 7.11 Å². The molecule has 29 heavy (non-hydrogen) atoms. The van der Waals surface area contributed by atoms with E-state index in [0.717, 1.165) is 12.8 Å². The van der Waals surface area contributed by atoms with Crippen LogP contribution in [-0.4, -0.2) is 54.4 Å². The zero-order chi connectivity index (χ0) is 21.0. The Balaban J connectivity index is 1.58. The molecule has 7 nitrogen and oxygen atoms in total. The van der Waals surface area contributed by atoms with Gasteiger partial charge in [-0.1, -0.05) is 0 Å². The minimum Gasteiger partial charge on any atom is -0.493 e. The summed E-state index contributed by atoms with van der Waals surface area (Å²) < 4.78 is 16.3. The van der Waals surface area contributed by atoms with Gasteiger partial charge < -0.3 is 19.1 Å². The second-order valence-corrected chi connectivity index (χ2v) is 8.25. The number of amides is 1. The zero-order valence-corrected chi connectivity index (χ0v) is 17.4. The molecular formula is C22H28N2O5. The van der Waals surface area contributed by atoms with Crippen LogP contribution in [0.15, 0.2) is 30.5 Å². The van der Waals surface area contributed by atoms with E-state index in [1.54, 1.807) is 17.2 Å². The molecule has 0 saturated carbocycles. The molecule has 7 heteroatoms. The van der Waals surface area contributed by atoms with Crippen molar-refractivity contribution in [3.63, 3.8) is 0 Å². The van der Waals surface area contributed by atoms with Crippen molar-refractivity contribution in [3.05, 3.63) is 36.0 Å². The van der Waals surface area contributed by atoms with Gasteiger partial charge in [0.1, 0.15) is 11.4 Å². The number of benzene rings is 1. The Bertz CT molecular complexity index is 882. The lowest BCUT2D eigenvalue weighted by atomic mass is 9.98. The summed E-state index contributed by atoms with van der Waals surface area (Å²) in [5, 5.41) is 0.705. The summed E-state index contributed by atoms with van der Waals surface area (Å²) in [6.45, 7) is 7.50. The summed E-state index contributed by atoms with van der Waals surface area (Å²) in [7, 11) is 1.36. The van der Waals surface area contributed by atoms with Crippen LogP contribution in [0.5, 0.6) is 5.75 Å². The number of rotatable bonds is 4. The number of pyridine rings is 1. The van der Waals surface area contributed by atoms with Gasteiger partial charge in [-0.25, -0.2) is 9.59 Å². The molecule has 156 valence electrons. The number of nitrogens with zero attached hydrogens (tertiary/aromatic N) is 2. The number of likely N-dealkylation sites (tertiary alicyclic amines) is 1. The van der Waals surface area contributed by atoms with Crippen LogP contribution in [0, 0.1) is 5.92 Å². The number of piperidine rings is 1. The number of carbonyl (C=O) groups excluding carboxylic acids is 2. The minimum atomic E-state index is -0.481. The molecular weight excluding hydrogens is 372 g/mol. The Morgan fingerprint density at radius 2 is 1.90 bits per heavy atom. The number of aromatic nitrogens is 1. The van der Waals surface area contributed by atoms with Crippen molar-refractivity contribution in [2.45, 2.75) is 39.2 Å². The first kappa shape index (κ1) is 20.9. The first-order valence-electron chi connectivity index (χ1n) is 9.84. The summed E-state index contributed by atoms with van der Waals surface area (Å²) in [4.78, 5) is 30.2. The lowest BCUT2D eigenvalue weighted by Crippen LogP contribution is -2.42. The molecule has 1 aliphatic heterocycles. The van der Waals surface area contributed by atoms with Crippen LogP contribution in [-0.2, 0) is 9.47 Å². The average Bonchev–Trinajstić information content (AvgIpc) is 2.70. The van der Waals surface area contributed by atoms with Crippen molar-refractivity contribution in [1.82, 2.24) is 9.88 Å². The summed E-state index contributed by atoms with van der Waals surface area (Å²) in [5.74, 6) is 0.646. The van der Waals surface area contributed by atoms with Gasteiger partial charge in [0.05, 0.1) is 24.8 Å². The second kappa shape index (κ2) is 8.68. The average molecular weight is 400 g/mol. The number of hydrogen-bond acceptors (Lipinski definition) is 6. The first-order chi connectivity index (χ1) is 13.8. The molecule has 0 atom stereocenters. The van der Waals surface area contributed by atoms with E-state index < -0.39 is 11.6 Å². The molecule has 3 rings (SSSR count). The van der Waals surface area contributed by atoms with Gasteiger partial charge in [-0.2, -0.15) is 0 Å². The molecule has 1 saturated heterocycles. The molecule has 1 aromatic heterocycles. The lowest BCUT2D eigenvalue weighted by molar-refractivity contribution is 0.0164. The van der Waals surface area contributed by atoms with Gasteiger partial charge in [0.25, 0.3) is 0 Å². The maximum atomic E-state index is 12.2. The molecule has 1 amide bonds. The molecule has 0 N–H and O–H groups in total. The molecule has 2 aromatic rings. The van der Waals surface area contributed by atoms with Gasteiger partial charge in [0, 0.05) is 24.7 Å². The van der Waals surface area contributed by atoms with Crippen LogP contribution in [0.2, 0.25) is 0 Å². The van der Waals surface area contributed by atoms with Crippen LogP contribution in [0.3, 0.4) is 0 Å². The maximum absolute atomic E-state index is 12.2. The van der Waals surface area contributed by atoms with Crippen molar-refractivity contribution in [2.24, 2.45) is 5.92 Å². The maximum Gasteiger partial charge on any atom is 0.410 e. The smallest absolute Gasteiger partial charge is 0.410 e. The van der Waals surface area contributed by atoms with Crippen LogP contribution >= 0.6 is 0 Å². The monoisotopic (exact) mass is 400 g/mol. The number of methoxy groups -OCH3 is 1. The van der Waals surface area contributed by atoms with E-state index >= 15 is 0 Å². The molecule has 2 heterocycles. The quantitative estimate of drug-likeness (QED) is 0.721. The molecule has 0 aliphatic carbocycles. The van der Waals surface area contributed by atoms with Crippen molar-refractivity contribution >= 4 is 23.0 Å². The Hall–Kier alpha value is -2.83. The summed E-state index contributed by atoms with van der Waals surface area (Å²) in [5.41, 5.74) is 0.699. The van der Waals surface area contributed by atoms with Crippen molar-refractivity contribution in [2.75, 3.05) is 26.8 Å². The molecule has 0 radical (unpaired) electrons. The molecule has 1 fully saturated rings. The van der Waals surface area contributed by atoms with Gasteiger partial charge in [-0.3, -0.25) is 4.98 Å². The SMILES string of the molecule is COC(=O)c1ccnc2ccc(OCC3CCN(C(=O)OC(C)(C)C)CC3)cc12. The van der Waals surface area contributed by atoms with E-state index in [-0.39, 0.29) is 6.09 Å². The Morgan fingerprint density at radius 3 is 2.55 bits per heavy atom. The summed E-state index contributed by atoms with van der Waals surface area (Å²) in [6, 6.07) is 7.16. The Labute approximate surface area is 170 Å². The summed E-state index contributed by atoms with van der Waals surface area (Å²) in [6.07, 6.45) is 3.06. The highest BCUT2D eigenvalue weighted by Crippen LogP contribution is 2.25. The fourth-order valence-electron chi connectivity index (χ4n) is 3.33. The van der Waals surface area contributed by atoms with Gasteiger partial charge in [-0.05, 0) is 63.8 Å². The molecule has 1 aromatic carbocycles. The van der Waals surface area contributed by atoms with Gasteiger partial charge in [-0.15, -0.1) is 0 Å². The van der Waals surface area contributed by atoms with Crippen molar-refractivity contribution in [1.29, 1.82) is 0 Å². The Kier molecular flexibility index (Phi) is 6.25. The van der Waals surface area contributed by atoms with Gasteiger partial charge in [0.15, 0.2) is 0 Å².